The standard InChI is InChI=1S/C20H26N4O4/c1-12-7-6-9-15(14(12)3)21-18(27)22-16(25)11-24-17(26)20(23-19(24)28)10-5-4-8-13(20)2/h6-7,9,13H,4-5,8,10-11H2,1-3H3,(H,23,28)(H2,21,22,25,27)/t13-,20-/m1/s1. The topological polar surface area (TPSA) is 108 Å². The lowest BCUT2D eigenvalue weighted by atomic mass is 9.73. The molecule has 6 amide bonds. The summed E-state index contributed by atoms with van der Waals surface area (Å²) in [5.41, 5.74) is 1.58. The SMILES string of the molecule is Cc1cccc(NC(=O)NC(=O)CN2C(=O)N[C@@]3(CCCC[C@H]3C)C2=O)c1C. The molecule has 0 unspecified atom stereocenters. The van der Waals surface area contributed by atoms with Gasteiger partial charge in [-0.05, 0) is 49.8 Å². The van der Waals surface area contributed by atoms with E-state index < -0.39 is 30.1 Å². The molecule has 1 aromatic carbocycles. The Hall–Kier alpha value is -2.90. The van der Waals surface area contributed by atoms with Gasteiger partial charge in [0.1, 0.15) is 12.1 Å². The summed E-state index contributed by atoms with van der Waals surface area (Å²) in [6.45, 7) is 5.24. The third kappa shape index (κ3) is 3.58. The molecule has 2 atom stereocenters. The quantitative estimate of drug-likeness (QED) is 0.694. The molecule has 0 bridgehead atoms. The molecule has 8 nitrogen and oxygen atoms in total. The van der Waals surface area contributed by atoms with Crippen molar-refractivity contribution < 1.29 is 19.2 Å². The number of benzene rings is 1. The summed E-state index contributed by atoms with van der Waals surface area (Å²) in [6, 6.07) is 4.18. The number of carbonyl (C=O) groups is 4. The van der Waals surface area contributed by atoms with Crippen molar-refractivity contribution in [1.29, 1.82) is 0 Å². The summed E-state index contributed by atoms with van der Waals surface area (Å²) in [7, 11) is 0. The number of anilines is 1. The lowest BCUT2D eigenvalue weighted by Crippen LogP contribution is -2.54. The normalized spacial score (nSPS) is 24.2. The molecular formula is C20H26N4O4. The van der Waals surface area contributed by atoms with Crippen molar-refractivity contribution in [1.82, 2.24) is 15.5 Å². The highest BCUT2D eigenvalue weighted by Gasteiger charge is 2.55. The minimum absolute atomic E-state index is 0.0124. The van der Waals surface area contributed by atoms with E-state index in [9.17, 15) is 19.2 Å². The number of nitrogens with zero attached hydrogens (tertiary/aromatic N) is 1. The van der Waals surface area contributed by atoms with Crippen molar-refractivity contribution in [2.45, 2.75) is 52.0 Å². The monoisotopic (exact) mass is 386 g/mol. The predicted octanol–water partition coefficient (Wildman–Crippen LogP) is 2.45. The Morgan fingerprint density at radius 3 is 2.71 bits per heavy atom. The first-order valence-electron chi connectivity index (χ1n) is 9.56. The summed E-state index contributed by atoms with van der Waals surface area (Å²) in [5.74, 6) is -1.08. The van der Waals surface area contributed by atoms with Crippen LogP contribution in [0.3, 0.4) is 0 Å². The Kier molecular flexibility index (Phi) is 5.40. The third-order valence-electron chi connectivity index (χ3n) is 5.91. The van der Waals surface area contributed by atoms with Gasteiger partial charge in [-0.1, -0.05) is 31.9 Å². The minimum atomic E-state index is -0.920. The lowest BCUT2D eigenvalue weighted by molar-refractivity contribution is -0.137. The molecule has 1 aliphatic heterocycles. The van der Waals surface area contributed by atoms with Crippen molar-refractivity contribution in [3.05, 3.63) is 29.3 Å². The van der Waals surface area contributed by atoms with Crippen molar-refractivity contribution >= 4 is 29.6 Å². The molecule has 8 heteroatoms. The zero-order valence-corrected chi connectivity index (χ0v) is 16.4. The number of imide groups is 2. The molecule has 2 fully saturated rings. The highest BCUT2D eigenvalue weighted by molar-refractivity contribution is 6.11. The van der Waals surface area contributed by atoms with Gasteiger partial charge in [0.05, 0.1) is 0 Å². The number of aryl methyl sites for hydroxylation is 1. The third-order valence-corrected chi connectivity index (χ3v) is 5.91. The Morgan fingerprint density at radius 2 is 2.00 bits per heavy atom. The van der Waals surface area contributed by atoms with E-state index in [1.807, 2.05) is 26.8 Å². The van der Waals surface area contributed by atoms with Gasteiger partial charge in [0.25, 0.3) is 5.91 Å². The second kappa shape index (κ2) is 7.61. The second-order valence-electron chi connectivity index (χ2n) is 7.69. The second-order valence-corrected chi connectivity index (χ2v) is 7.69. The number of hydrogen-bond donors (Lipinski definition) is 3. The smallest absolute Gasteiger partial charge is 0.323 e. The molecule has 1 spiro atoms. The minimum Gasteiger partial charge on any atom is -0.323 e. The van der Waals surface area contributed by atoms with Crippen molar-refractivity contribution in [2.75, 3.05) is 11.9 Å². The van der Waals surface area contributed by atoms with Gasteiger partial charge < -0.3 is 10.6 Å². The maximum atomic E-state index is 12.9. The molecule has 28 heavy (non-hydrogen) atoms. The Bertz CT molecular complexity index is 837. The number of amides is 6. The van der Waals surface area contributed by atoms with Crippen LogP contribution in [0.1, 0.15) is 43.7 Å². The summed E-state index contributed by atoms with van der Waals surface area (Å²) in [6.07, 6.45) is 3.30. The first kappa shape index (κ1) is 19.9. The molecule has 1 saturated heterocycles. The van der Waals surface area contributed by atoms with E-state index in [0.29, 0.717) is 12.1 Å². The molecule has 1 heterocycles. The van der Waals surface area contributed by atoms with Crippen LogP contribution < -0.4 is 16.0 Å². The molecule has 3 rings (SSSR count). The number of rotatable bonds is 3. The van der Waals surface area contributed by atoms with E-state index in [-0.39, 0.29) is 11.8 Å². The van der Waals surface area contributed by atoms with Gasteiger partial charge in [-0.15, -0.1) is 0 Å². The van der Waals surface area contributed by atoms with Crippen LogP contribution in [0.15, 0.2) is 18.2 Å². The van der Waals surface area contributed by atoms with Gasteiger partial charge >= 0.3 is 12.1 Å². The first-order valence-corrected chi connectivity index (χ1v) is 9.56. The number of carbonyl (C=O) groups excluding carboxylic acids is 4. The van der Waals surface area contributed by atoms with E-state index >= 15 is 0 Å². The summed E-state index contributed by atoms with van der Waals surface area (Å²) >= 11 is 0. The average molecular weight is 386 g/mol. The zero-order valence-electron chi connectivity index (χ0n) is 16.4. The van der Waals surface area contributed by atoms with Crippen LogP contribution in [0.25, 0.3) is 0 Å². The van der Waals surface area contributed by atoms with E-state index in [1.165, 1.54) is 0 Å². The molecular weight excluding hydrogens is 360 g/mol. The van der Waals surface area contributed by atoms with Gasteiger partial charge in [-0.3, -0.25) is 19.8 Å². The average Bonchev–Trinajstić information content (AvgIpc) is 2.86. The van der Waals surface area contributed by atoms with Crippen LogP contribution in [0.2, 0.25) is 0 Å². The highest BCUT2D eigenvalue weighted by atomic mass is 16.2. The fourth-order valence-corrected chi connectivity index (χ4v) is 3.99. The number of urea groups is 2. The molecule has 150 valence electrons. The first-order chi connectivity index (χ1) is 13.2. The Balaban J connectivity index is 1.61. The van der Waals surface area contributed by atoms with Crippen molar-refractivity contribution in [2.24, 2.45) is 5.92 Å². The number of nitrogens with one attached hydrogen (secondary N) is 3. The van der Waals surface area contributed by atoms with Crippen LogP contribution in [-0.4, -0.2) is 40.9 Å². The molecule has 2 aliphatic rings. The predicted molar refractivity (Wildman–Crippen MR) is 104 cm³/mol. The van der Waals surface area contributed by atoms with E-state index in [4.69, 9.17) is 0 Å². The van der Waals surface area contributed by atoms with E-state index in [0.717, 1.165) is 35.3 Å². The molecule has 0 aromatic heterocycles. The van der Waals surface area contributed by atoms with Gasteiger partial charge in [-0.2, -0.15) is 0 Å². The Labute approximate surface area is 164 Å². The zero-order chi connectivity index (χ0) is 20.5. The van der Waals surface area contributed by atoms with Gasteiger partial charge in [-0.25, -0.2) is 9.59 Å². The van der Waals surface area contributed by atoms with Crippen LogP contribution in [0, 0.1) is 19.8 Å². The van der Waals surface area contributed by atoms with Gasteiger partial charge in [0.15, 0.2) is 0 Å². The molecule has 3 N–H and O–H groups in total. The lowest BCUT2D eigenvalue weighted by Gasteiger charge is -2.36. The maximum Gasteiger partial charge on any atom is 0.325 e. The summed E-state index contributed by atoms with van der Waals surface area (Å²) < 4.78 is 0. The van der Waals surface area contributed by atoms with Crippen LogP contribution in [-0.2, 0) is 9.59 Å². The van der Waals surface area contributed by atoms with Crippen LogP contribution >= 0.6 is 0 Å². The largest absolute Gasteiger partial charge is 0.325 e. The highest BCUT2D eigenvalue weighted by Crippen LogP contribution is 2.38. The van der Waals surface area contributed by atoms with Crippen molar-refractivity contribution in [3.8, 4) is 0 Å². The maximum absolute atomic E-state index is 12.9. The van der Waals surface area contributed by atoms with Gasteiger partial charge in [0.2, 0.25) is 5.91 Å². The Morgan fingerprint density at radius 1 is 1.25 bits per heavy atom. The molecule has 1 saturated carbocycles. The molecule has 1 aromatic rings. The molecule has 0 radical (unpaired) electrons. The summed E-state index contributed by atoms with van der Waals surface area (Å²) in [5, 5.41) is 7.59. The number of hydrogen-bond acceptors (Lipinski definition) is 4. The van der Waals surface area contributed by atoms with E-state index in [2.05, 4.69) is 16.0 Å². The van der Waals surface area contributed by atoms with Crippen LogP contribution in [0.5, 0.6) is 0 Å². The fourth-order valence-electron chi connectivity index (χ4n) is 3.99. The van der Waals surface area contributed by atoms with Gasteiger partial charge in [0, 0.05) is 5.69 Å². The van der Waals surface area contributed by atoms with Crippen molar-refractivity contribution in [3.63, 3.8) is 0 Å². The van der Waals surface area contributed by atoms with Crippen LogP contribution in [0.4, 0.5) is 15.3 Å². The van der Waals surface area contributed by atoms with E-state index in [1.54, 1.807) is 12.1 Å². The summed E-state index contributed by atoms with van der Waals surface area (Å²) in [4.78, 5) is 50.4. The fraction of sp³-hybridized carbons (Fsp3) is 0.500. The molecule has 1 aliphatic carbocycles.